The zero-order valence-corrected chi connectivity index (χ0v) is 8.65. The van der Waals surface area contributed by atoms with Crippen molar-refractivity contribution >= 4 is 29.1 Å². The van der Waals surface area contributed by atoms with Crippen LogP contribution in [-0.4, -0.2) is 45.6 Å². The second-order valence-corrected chi connectivity index (χ2v) is 3.34. The summed E-state index contributed by atoms with van der Waals surface area (Å²) in [6.07, 6.45) is -1.33. The lowest BCUT2D eigenvalue weighted by Gasteiger charge is -2.34. The van der Waals surface area contributed by atoms with Gasteiger partial charge in [-0.3, -0.25) is 9.69 Å². The monoisotopic (exact) mass is 228 g/mol. The largest absolute Gasteiger partial charge is 0.479 e. The van der Waals surface area contributed by atoms with E-state index >= 15 is 0 Å². The number of thiocarbonyl (C=S) groups is 1. The van der Waals surface area contributed by atoms with Gasteiger partial charge in [0.25, 0.3) is 0 Å². The minimum absolute atomic E-state index is 0.146. The Bertz CT molecular complexity index is 362. The van der Waals surface area contributed by atoms with E-state index in [2.05, 4.69) is 0 Å². The molecule has 1 fully saturated rings. The fourth-order valence-electron chi connectivity index (χ4n) is 1.26. The second-order valence-electron chi connectivity index (χ2n) is 2.92. The summed E-state index contributed by atoms with van der Waals surface area (Å²) in [6.45, 7) is 1.08. The number of aliphatic carboxylic acids is 1. The standard InChI is InChI=1S/C8H8N2O4S/c1-4(11)10-5(2-9)3-14-6(7(10)15)8(12)13/h5-6H,3H2,1H3,(H,12,13)/t5-,6-/m0/s1. The van der Waals surface area contributed by atoms with Gasteiger partial charge >= 0.3 is 5.97 Å². The Kier molecular flexibility index (Phi) is 3.34. The van der Waals surface area contributed by atoms with Crippen molar-refractivity contribution in [3.05, 3.63) is 0 Å². The Morgan fingerprint density at radius 3 is 2.73 bits per heavy atom. The van der Waals surface area contributed by atoms with E-state index in [0.29, 0.717) is 0 Å². The van der Waals surface area contributed by atoms with E-state index < -0.39 is 24.0 Å². The van der Waals surface area contributed by atoms with Crippen molar-refractivity contribution in [2.24, 2.45) is 0 Å². The van der Waals surface area contributed by atoms with Gasteiger partial charge in [0.1, 0.15) is 11.0 Å². The number of rotatable bonds is 1. The Balaban J connectivity index is 2.97. The van der Waals surface area contributed by atoms with Gasteiger partial charge in [0.2, 0.25) is 12.0 Å². The van der Waals surface area contributed by atoms with Gasteiger partial charge in [0.05, 0.1) is 12.7 Å². The molecule has 0 aromatic heterocycles. The van der Waals surface area contributed by atoms with Crippen molar-refractivity contribution in [3.8, 4) is 6.07 Å². The summed E-state index contributed by atoms with van der Waals surface area (Å²) in [7, 11) is 0. The molecule has 0 radical (unpaired) electrons. The predicted octanol–water partition coefficient (Wildman–Crippen LogP) is -0.462. The summed E-state index contributed by atoms with van der Waals surface area (Å²) in [5.74, 6) is -1.72. The molecule has 15 heavy (non-hydrogen) atoms. The van der Waals surface area contributed by atoms with Crippen LogP contribution in [0.4, 0.5) is 0 Å². The van der Waals surface area contributed by atoms with Crippen molar-refractivity contribution in [3.63, 3.8) is 0 Å². The molecule has 80 valence electrons. The fourth-order valence-corrected chi connectivity index (χ4v) is 1.68. The number of amides is 1. The van der Waals surface area contributed by atoms with Gasteiger partial charge in [-0.2, -0.15) is 5.26 Å². The number of carbonyl (C=O) groups excluding carboxylic acids is 1. The lowest BCUT2D eigenvalue weighted by Crippen LogP contribution is -2.56. The van der Waals surface area contributed by atoms with E-state index in [-0.39, 0.29) is 11.6 Å². The molecule has 0 aromatic carbocycles. The molecule has 2 atom stereocenters. The van der Waals surface area contributed by atoms with Crippen molar-refractivity contribution in [2.75, 3.05) is 6.61 Å². The van der Waals surface area contributed by atoms with Crippen molar-refractivity contribution < 1.29 is 19.4 Å². The quantitative estimate of drug-likeness (QED) is 0.610. The Labute approximate surface area is 91.0 Å². The van der Waals surface area contributed by atoms with E-state index in [1.165, 1.54) is 6.92 Å². The molecule has 1 amide bonds. The molecular formula is C8H8N2O4S. The van der Waals surface area contributed by atoms with Crippen LogP contribution in [0.5, 0.6) is 0 Å². The summed E-state index contributed by atoms with van der Waals surface area (Å²) in [5, 5.41) is 17.5. The molecule has 6 nitrogen and oxygen atoms in total. The summed E-state index contributed by atoms with van der Waals surface area (Å²) < 4.78 is 4.88. The third kappa shape index (κ3) is 2.11. The first-order valence-corrected chi connectivity index (χ1v) is 4.47. The molecule has 0 unspecified atom stereocenters. The molecule has 0 aliphatic carbocycles. The number of carboxylic acids is 1. The van der Waals surface area contributed by atoms with Crippen LogP contribution in [0.2, 0.25) is 0 Å². The fraction of sp³-hybridized carbons (Fsp3) is 0.500. The average molecular weight is 228 g/mol. The van der Waals surface area contributed by atoms with Gasteiger partial charge in [0.15, 0.2) is 0 Å². The van der Waals surface area contributed by atoms with E-state index in [1.54, 1.807) is 0 Å². The number of carbonyl (C=O) groups is 2. The van der Waals surface area contributed by atoms with Crippen LogP contribution in [0, 0.1) is 11.3 Å². The maximum absolute atomic E-state index is 11.2. The lowest BCUT2D eigenvalue weighted by molar-refractivity contribution is -0.149. The minimum atomic E-state index is -1.33. The predicted molar refractivity (Wildman–Crippen MR) is 51.9 cm³/mol. The highest BCUT2D eigenvalue weighted by Crippen LogP contribution is 2.15. The number of ether oxygens (including phenoxy) is 1. The first kappa shape index (κ1) is 11.6. The number of nitrogens with zero attached hydrogens (tertiary/aromatic N) is 2. The van der Waals surface area contributed by atoms with E-state index in [4.69, 9.17) is 27.3 Å². The molecule has 0 aromatic rings. The van der Waals surface area contributed by atoms with E-state index in [0.717, 1.165) is 4.90 Å². The van der Waals surface area contributed by atoms with Crippen LogP contribution in [0.25, 0.3) is 0 Å². The Morgan fingerprint density at radius 2 is 2.33 bits per heavy atom. The van der Waals surface area contributed by atoms with Gasteiger partial charge in [-0.05, 0) is 0 Å². The van der Waals surface area contributed by atoms with Crippen molar-refractivity contribution in [1.29, 1.82) is 5.26 Å². The minimum Gasteiger partial charge on any atom is -0.479 e. The number of carboxylic acid groups (broad SMARTS) is 1. The summed E-state index contributed by atoms with van der Waals surface area (Å²) in [6, 6.07) is 0.983. The van der Waals surface area contributed by atoms with Crippen LogP contribution in [0.1, 0.15) is 6.92 Å². The van der Waals surface area contributed by atoms with Crippen LogP contribution in [-0.2, 0) is 14.3 Å². The topological polar surface area (TPSA) is 90.6 Å². The van der Waals surface area contributed by atoms with Gasteiger partial charge in [-0.25, -0.2) is 4.79 Å². The number of morpholine rings is 1. The lowest BCUT2D eigenvalue weighted by atomic mass is 10.2. The molecule has 1 saturated heterocycles. The van der Waals surface area contributed by atoms with E-state index in [1.807, 2.05) is 6.07 Å². The maximum atomic E-state index is 11.2. The first-order valence-electron chi connectivity index (χ1n) is 4.06. The third-order valence-electron chi connectivity index (χ3n) is 1.91. The van der Waals surface area contributed by atoms with E-state index in [9.17, 15) is 9.59 Å². The molecule has 1 aliphatic rings. The number of hydrogen-bond donors (Lipinski definition) is 1. The van der Waals surface area contributed by atoms with Crippen molar-refractivity contribution in [2.45, 2.75) is 19.1 Å². The van der Waals surface area contributed by atoms with Crippen molar-refractivity contribution in [1.82, 2.24) is 4.90 Å². The molecular weight excluding hydrogens is 220 g/mol. The second kappa shape index (κ2) is 4.33. The third-order valence-corrected chi connectivity index (χ3v) is 2.32. The average Bonchev–Trinajstić information content (AvgIpc) is 2.15. The smallest absolute Gasteiger partial charge is 0.339 e. The zero-order chi connectivity index (χ0) is 11.6. The highest BCUT2D eigenvalue weighted by atomic mass is 32.1. The first-order chi connectivity index (χ1) is 6.99. The van der Waals surface area contributed by atoms with Gasteiger partial charge in [-0.15, -0.1) is 0 Å². The van der Waals surface area contributed by atoms with Crippen LogP contribution in [0.15, 0.2) is 0 Å². The normalized spacial score (nSPS) is 25.9. The SMILES string of the molecule is CC(=O)N1C(=S)[C@@H](C(=O)O)OC[C@@H]1C#N. The molecule has 1 heterocycles. The van der Waals surface area contributed by atoms with Gasteiger partial charge in [-0.1, -0.05) is 12.2 Å². The highest BCUT2D eigenvalue weighted by molar-refractivity contribution is 7.80. The molecule has 0 bridgehead atoms. The molecule has 1 rings (SSSR count). The summed E-state index contributed by atoms with van der Waals surface area (Å²) in [5.41, 5.74) is 0. The molecule has 1 N–H and O–H groups in total. The molecule has 1 aliphatic heterocycles. The van der Waals surface area contributed by atoms with Crippen LogP contribution < -0.4 is 0 Å². The van der Waals surface area contributed by atoms with Gasteiger partial charge in [0, 0.05) is 6.92 Å². The van der Waals surface area contributed by atoms with Gasteiger partial charge < -0.3 is 9.84 Å². The molecule has 0 spiro atoms. The van der Waals surface area contributed by atoms with Crippen LogP contribution in [0.3, 0.4) is 0 Å². The zero-order valence-electron chi connectivity index (χ0n) is 7.84. The Morgan fingerprint density at radius 1 is 1.73 bits per heavy atom. The summed E-state index contributed by atoms with van der Waals surface area (Å²) in [4.78, 5) is 22.7. The number of hydrogen-bond acceptors (Lipinski definition) is 5. The Hall–Kier alpha value is -1.52. The molecule has 7 heteroatoms. The summed E-state index contributed by atoms with van der Waals surface area (Å²) >= 11 is 4.79. The highest BCUT2D eigenvalue weighted by Gasteiger charge is 2.39. The molecule has 0 saturated carbocycles. The maximum Gasteiger partial charge on any atom is 0.339 e. The van der Waals surface area contributed by atoms with Crippen LogP contribution >= 0.6 is 12.2 Å². The number of nitriles is 1.